The second-order valence-corrected chi connectivity index (χ2v) is 8.90. The van der Waals surface area contributed by atoms with Gasteiger partial charge in [0.15, 0.2) is 6.10 Å². The minimum atomic E-state index is -0.953. The molecule has 1 unspecified atom stereocenters. The van der Waals surface area contributed by atoms with Gasteiger partial charge in [0.25, 0.3) is 0 Å². The van der Waals surface area contributed by atoms with Crippen molar-refractivity contribution in [2.24, 2.45) is 5.16 Å². The maximum atomic E-state index is 11.2. The molecule has 3 aromatic rings. The molecular formula is C27H32N2O4S. The zero-order valence-corrected chi connectivity index (χ0v) is 21.0. The fraction of sp³-hybridized carbons (Fsp3) is 0.333. The molecule has 0 aliphatic carbocycles. The lowest BCUT2D eigenvalue weighted by molar-refractivity contribution is -0.145. The van der Waals surface area contributed by atoms with Crippen LogP contribution in [-0.2, 0) is 22.6 Å². The van der Waals surface area contributed by atoms with E-state index in [1.54, 1.807) is 24.9 Å². The minimum Gasteiger partial charge on any atom is -0.479 e. The van der Waals surface area contributed by atoms with Gasteiger partial charge in [-0.25, -0.2) is 4.79 Å². The van der Waals surface area contributed by atoms with E-state index in [2.05, 4.69) is 59.3 Å². The van der Waals surface area contributed by atoms with E-state index in [9.17, 15) is 9.90 Å². The average Bonchev–Trinajstić information content (AvgIpc) is 3.20. The molecule has 0 saturated heterocycles. The third kappa shape index (κ3) is 6.67. The van der Waals surface area contributed by atoms with E-state index in [4.69, 9.17) is 9.57 Å². The van der Waals surface area contributed by atoms with Gasteiger partial charge >= 0.3 is 5.97 Å². The number of thioether (sulfide) groups is 1. The van der Waals surface area contributed by atoms with Crippen LogP contribution in [0.25, 0.3) is 11.3 Å². The van der Waals surface area contributed by atoms with Crippen molar-refractivity contribution in [3.8, 4) is 17.0 Å². The summed E-state index contributed by atoms with van der Waals surface area (Å²) in [7, 11) is 0. The van der Waals surface area contributed by atoms with Crippen LogP contribution in [-0.4, -0.2) is 40.8 Å². The van der Waals surface area contributed by atoms with E-state index in [0.717, 1.165) is 11.1 Å². The summed E-state index contributed by atoms with van der Waals surface area (Å²) in [5.74, 6) is -0.363. The van der Waals surface area contributed by atoms with Crippen LogP contribution in [0, 0.1) is 13.8 Å². The van der Waals surface area contributed by atoms with Gasteiger partial charge in [0.1, 0.15) is 12.4 Å². The summed E-state index contributed by atoms with van der Waals surface area (Å²) < 4.78 is 7.85. The zero-order chi connectivity index (χ0) is 24.5. The van der Waals surface area contributed by atoms with Crippen LogP contribution in [0.4, 0.5) is 0 Å². The van der Waals surface area contributed by atoms with E-state index in [0.29, 0.717) is 31.7 Å². The van der Waals surface area contributed by atoms with Gasteiger partial charge in [0.05, 0.1) is 6.54 Å². The highest BCUT2D eigenvalue weighted by Crippen LogP contribution is 2.25. The van der Waals surface area contributed by atoms with Gasteiger partial charge in [-0.1, -0.05) is 36.3 Å². The van der Waals surface area contributed by atoms with Crippen LogP contribution in [0.2, 0.25) is 0 Å². The number of hydrogen-bond donors (Lipinski definition) is 1. The van der Waals surface area contributed by atoms with Crippen molar-refractivity contribution in [3.05, 3.63) is 71.4 Å². The molecule has 0 radical (unpaired) electrons. The number of aryl methyl sites for hydroxylation is 2. The normalized spacial score (nSPS) is 12.1. The first kappa shape index (κ1) is 25.4. The molecule has 180 valence electrons. The molecule has 1 aromatic heterocycles. The van der Waals surface area contributed by atoms with Gasteiger partial charge in [-0.05, 0) is 73.5 Å². The molecule has 0 spiro atoms. The van der Waals surface area contributed by atoms with Crippen molar-refractivity contribution < 1.29 is 19.5 Å². The molecule has 2 aromatic carbocycles. The lowest BCUT2D eigenvalue weighted by Crippen LogP contribution is -2.26. The Morgan fingerprint density at radius 1 is 1.15 bits per heavy atom. The van der Waals surface area contributed by atoms with Gasteiger partial charge in [0.2, 0.25) is 0 Å². The maximum absolute atomic E-state index is 11.2. The minimum absolute atomic E-state index is 0.412. The first-order valence-electron chi connectivity index (χ1n) is 11.4. The molecule has 1 heterocycles. The van der Waals surface area contributed by atoms with Crippen LogP contribution in [0.5, 0.6) is 5.75 Å². The molecule has 0 aliphatic rings. The SMILES string of the molecule is CCC(Oc1ccc(CC=NOCCn2c(C)ccc2-c2ccc(SC)cc2)cc1C)C(=O)O. The number of carboxylic acids is 1. The fourth-order valence-electron chi connectivity index (χ4n) is 3.69. The highest BCUT2D eigenvalue weighted by molar-refractivity contribution is 7.98. The van der Waals surface area contributed by atoms with Crippen molar-refractivity contribution in [1.29, 1.82) is 0 Å². The molecule has 1 atom stereocenters. The Bertz CT molecular complexity index is 1120. The summed E-state index contributed by atoms with van der Waals surface area (Å²) >= 11 is 1.74. The summed E-state index contributed by atoms with van der Waals surface area (Å²) in [6.07, 6.45) is 4.01. The predicted molar refractivity (Wildman–Crippen MR) is 138 cm³/mol. The standard InChI is InChI=1S/C27H32N2O4S/c1-5-25(27(30)31)33-26-13-7-21(18-19(26)2)14-15-28-32-17-16-29-20(3)6-12-24(29)22-8-10-23(34-4)11-9-22/h6-13,15,18,25H,5,14,16-17H2,1-4H3,(H,30,31). The number of rotatable bonds is 12. The topological polar surface area (TPSA) is 73.0 Å². The summed E-state index contributed by atoms with van der Waals surface area (Å²) in [4.78, 5) is 18.0. The second kappa shape index (κ2) is 12.3. The van der Waals surface area contributed by atoms with Gasteiger partial charge in [-0.3, -0.25) is 0 Å². The van der Waals surface area contributed by atoms with E-state index in [1.807, 2.05) is 25.1 Å². The van der Waals surface area contributed by atoms with Crippen molar-refractivity contribution >= 4 is 23.9 Å². The Hall–Kier alpha value is -3.19. The summed E-state index contributed by atoms with van der Waals surface area (Å²) in [6, 6.07) is 18.6. The molecule has 0 saturated carbocycles. The molecular weight excluding hydrogens is 448 g/mol. The van der Waals surface area contributed by atoms with Crippen molar-refractivity contribution in [2.75, 3.05) is 12.9 Å². The molecule has 0 fully saturated rings. The van der Waals surface area contributed by atoms with Crippen molar-refractivity contribution in [3.63, 3.8) is 0 Å². The number of nitrogens with zero attached hydrogens (tertiary/aromatic N) is 2. The van der Waals surface area contributed by atoms with Crippen LogP contribution >= 0.6 is 11.8 Å². The van der Waals surface area contributed by atoms with E-state index < -0.39 is 12.1 Å². The number of oxime groups is 1. The Morgan fingerprint density at radius 3 is 2.56 bits per heavy atom. The smallest absolute Gasteiger partial charge is 0.344 e. The number of benzene rings is 2. The molecule has 7 heteroatoms. The third-order valence-electron chi connectivity index (χ3n) is 5.62. The number of aliphatic carboxylic acids is 1. The van der Waals surface area contributed by atoms with E-state index >= 15 is 0 Å². The fourth-order valence-corrected chi connectivity index (χ4v) is 4.10. The van der Waals surface area contributed by atoms with Crippen LogP contribution in [0.15, 0.2) is 64.6 Å². The predicted octanol–water partition coefficient (Wildman–Crippen LogP) is 5.98. The van der Waals surface area contributed by atoms with Gasteiger partial charge in [-0.15, -0.1) is 11.8 Å². The Morgan fingerprint density at radius 2 is 1.91 bits per heavy atom. The van der Waals surface area contributed by atoms with E-state index in [-0.39, 0.29) is 0 Å². The Labute approximate surface area is 205 Å². The lowest BCUT2D eigenvalue weighted by Gasteiger charge is -2.15. The molecule has 1 N–H and O–H groups in total. The van der Waals surface area contributed by atoms with Crippen LogP contribution in [0.1, 0.15) is 30.2 Å². The summed E-state index contributed by atoms with van der Waals surface area (Å²) in [6.45, 7) is 6.98. The molecule has 0 aliphatic heterocycles. The Balaban J connectivity index is 1.51. The number of aromatic nitrogens is 1. The largest absolute Gasteiger partial charge is 0.479 e. The molecule has 6 nitrogen and oxygen atoms in total. The number of carbonyl (C=O) groups is 1. The number of ether oxygens (including phenoxy) is 1. The lowest BCUT2D eigenvalue weighted by atomic mass is 10.1. The quantitative estimate of drug-likeness (QED) is 0.149. The molecule has 0 amide bonds. The van der Waals surface area contributed by atoms with Gasteiger partial charge < -0.3 is 19.2 Å². The molecule has 34 heavy (non-hydrogen) atoms. The molecule has 3 rings (SSSR count). The summed E-state index contributed by atoms with van der Waals surface area (Å²) in [5.41, 5.74) is 5.49. The van der Waals surface area contributed by atoms with Crippen molar-refractivity contribution in [1.82, 2.24) is 4.57 Å². The highest BCUT2D eigenvalue weighted by atomic mass is 32.2. The van der Waals surface area contributed by atoms with Crippen LogP contribution in [0.3, 0.4) is 0 Å². The highest BCUT2D eigenvalue weighted by Gasteiger charge is 2.17. The second-order valence-electron chi connectivity index (χ2n) is 8.02. The maximum Gasteiger partial charge on any atom is 0.344 e. The van der Waals surface area contributed by atoms with Gasteiger partial charge in [-0.2, -0.15) is 0 Å². The first-order valence-corrected chi connectivity index (χ1v) is 12.6. The zero-order valence-electron chi connectivity index (χ0n) is 20.2. The van der Waals surface area contributed by atoms with Crippen LogP contribution < -0.4 is 4.74 Å². The monoisotopic (exact) mass is 480 g/mol. The number of hydrogen-bond acceptors (Lipinski definition) is 5. The van der Waals surface area contributed by atoms with Gasteiger partial charge in [0, 0.05) is 28.9 Å². The Kier molecular flexibility index (Phi) is 9.22. The van der Waals surface area contributed by atoms with E-state index in [1.165, 1.54) is 21.8 Å². The van der Waals surface area contributed by atoms with Crippen molar-refractivity contribution in [2.45, 2.75) is 51.2 Å². The first-order chi connectivity index (χ1) is 16.4. The molecule has 0 bridgehead atoms. The average molecular weight is 481 g/mol. The summed E-state index contributed by atoms with van der Waals surface area (Å²) in [5, 5.41) is 13.3. The number of carboxylic acid groups (broad SMARTS) is 1. The third-order valence-corrected chi connectivity index (χ3v) is 6.37.